The summed E-state index contributed by atoms with van der Waals surface area (Å²) in [6.45, 7) is 4.65. The van der Waals surface area contributed by atoms with Crippen LogP contribution in [0.4, 0.5) is 4.39 Å². The molecule has 0 aliphatic heterocycles. The fourth-order valence-corrected chi connectivity index (χ4v) is 1.85. The highest BCUT2D eigenvalue weighted by molar-refractivity contribution is 5.37. The molecule has 0 fully saturated rings. The molecule has 1 unspecified atom stereocenters. The van der Waals surface area contributed by atoms with E-state index in [1.807, 2.05) is 13.8 Å². The van der Waals surface area contributed by atoms with Crippen LogP contribution in [0.1, 0.15) is 19.4 Å². The number of aromatic nitrogens is 2. The van der Waals surface area contributed by atoms with E-state index in [1.54, 1.807) is 23.1 Å². The van der Waals surface area contributed by atoms with Gasteiger partial charge in [0.25, 0.3) is 0 Å². The van der Waals surface area contributed by atoms with Gasteiger partial charge in [-0.25, -0.2) is 4.39 Å². The first-order valence-electron chi connectivity index (χ1n) is 6.32. The van der Waals surface area contributed by atoms with Gasteiger partial charge in [0, 0.05) is 12.6 Å². The lowest BCUT2D eigenvalue weighted by atomic mass is 10.1. The second-order valence-corrected chi connectivity index (χ2v) is 4.57. The minimum atomic E-state index is -0.285. The molecule has 1 aromatic heterocycles. The second-order valence-electron chi connectivity index (χ2n) is 4.57. The summed E-state index contributed by atoms with van der Waals surface area (Å²) in [6, 6.07) is 4.41. The first-order chi connectivity index (χ1) is 9.08. The summed E-state index contributed by atoms with van der Waals surface area (Å²) >= 11 is 0. The molecule has 1 atom stereocenters. The number of hydrogen-bond acceptors (Lipinski definition) is 3. The number of rotatable bonds is 5. The fourth-order valence-electron chi connectivity index (χ4n) is 1.85. The predicted octanol–water partition coefficient (Wildman–Crippen LogP) is 2.72. The molecule has 0 amide bonds. The zero-order valence-corrected chi connectivity index (χ0v) is 11.1. The summed E-state index contributed by atoms with van der Waals surface area (Å²) in [5, 5.41) is 4.13. The number of aryl methyl sites for hydroxylation is 1. The lowest BCUT2D eigenvalue weighted by Crippen LogP contribution is -2.18. The van der Waals surface area contributed by atoms with Gasteiger partial charge in [-0.15, -0.1) is 0 Å². The van der Waals surface area contributed by atoms with Gasteiger partial charge in [-0.05, 0) is 44.0 Å². The third-order valence-corrected chi connectivity index (χ3v) is 2.73. The van der Waals surface area contributed by atoms with Crippen molar-refractivity contribution < 1.29 is 9.13 Å². The van der Waals surface area contributed by atoms with Gasteiger partial charge in [0.2, 0.25) is 0 Å². The molecule has 2 N–H and O–H groups in total. The van der Waals surface area contributed by atoms with Gasteiger partial charge in [0.15, 0.2) is 5.75 Å². The van der Waals surface area contributed by atoms with E-state index < -0.39 is 0 Å². The number of hydrogen-bond donors (Lipinski definition) is 1. The summed E-state index contributed by atoms with van der Waals surface area (Å²) in [5.74, 6) is 0.973. The molecule has 0 radical (unpaired) electrons. The maximum atomic E-state index is 13.3. The van der Waals surface area contributed by atoms with E-state index in [-0.39, 0.29) is 11.9 Å². The summed E-state index contributed by atoms with van der Waals surface area (Å²) in [6.07, 6.45) is 4.01. The van der Waals surface area contributed by atoms with Gasteiger partial charge in [-0.3, -0.25) is 4.68 Å². The van der Waals surface area contributed by atoms with E-state index in [9.17, 15) is 4.39 Å². The minimum absolute atomic E-state index is 0.0532. The number of benzene rings is 1. The van der Waals surface area contributed by atoms with Crippen LogP contribution < -0.4 is 10.5 Å². The van der Waals surface area contributed by atoms with Crippen molar-refractivity contribution in [1.82, 2.24) is 9.78 Å². The second kappa shape index (κ2) is 5.84. The monoisotopic (exact) mass is 263 g/mol. The molecule has 0 aliphatic rings. The molecule has 5 heteroatoms. The third-order valence-electron chi connectivity index (χ3n) is 2.73. The van der Waals surface area contributed by atoms with Gasteiger partial charge in [-0.1, -0.05) is 0 Å². The molecule has 0 aliphatic carbocycles. The lowest BCUT2D eigenvalue weighted by Gasteiger charge is -2.11. The van der Waals surface area contributed by atoms with Crippen LogP contribution in [0, 0.1) is 5.82 Å². The molecule has 0 bridgehead atoms. The van der Waals surface area contributed by atoms with E-state index in [2.05, 4.69) is 5.10 Å². The molecule has 102 valence electrons. The van der Waals surface area contributed by atoms with Gasteiger partial charge >= 0.3 is 0 Å². The zero-order chi connectivity index (χ0) is 13.8. The average molecular weight is 263 g/mol. The molecule has 2 rings (SSSR count). The van der Waals surface area contributed by atoms with Crippen molar-refractivity contribution in [2.45, 2.75) is 32.9 Å². The van der Waals surface area contributed by atoms with Crippen molar-refractivity contribution in [2.24, 2.45) is 5.73 Å². The minimum Gasteiger partial charge on any atom is -0.454 e. The summed E-state index contributed by atoms with van der Waals surface area (Å²) in [5.41, 5.74) is 6.53. The van der Waals surface area contributed by atoms with E-state index in [0.29, 0.717) is 17.9 Å². The normalized spacial score (nSPS) is 12.4. The summed E-state index contributed by atoms with van der Waals surface area (Å²) in [7, 11) is 0. The van der Waals surface area contributed by atoms with E-state index in [4.69, 9.17) is 10.5 Å². The number of halogens is 1. The Morgan fingerprint density at radius 3 is 2.89 bits per heavy atom. The Morgan fingerprint density at radius 2 is 2.26 bits per heavy atom. The van der Waals surface area contributed by atoms with E-state index in [1.165, 1.54) is 12.1 Å². The lowest BCUT2D eigenvalue weighted by molar-refractivity contribution is 0.470. The molecule has 4 nitrogen and oxygen atoms in total. The van der Waals surface area contributed by atoms with Crippen LogP contribution in [0.15, 0.2) is 30.6 Å². The topological polar surface area (TPSA) is 53.1 Å². The fraction of sp³-hybridized carbons (Fsp3) is 0.357. The van der Waals surface area contributed by atoms with Crippen molar-refractivity contribution in [3.63, 3.8) is 0 Å². The number of ether oxygens (including phenoxy) is 1. The summed E-state index contributed by atoms with van der Waals surface area (Å²) in [4.78, 5) is 0. The maximum absolute atomic E-state index is 13.3. The van der Waals surface area contributed by atoms with E-state index >= 15 is 0 Å². The number of nitrogens with two attached hydrogens (primary N) is 1. The predicted molar refractivity (Wildman–Crippen MR) is 71.7 cm³/mol. The highest BCUT2D eigenvalue weighted by atomic mass is 19.1. The Labute approximate surface area is 112 Å². The van der Waals surface area contributed by atoms with Gasteiger partial charge in [-0.2, -0.15) is 5.10 Å². The van der Waals surface area contributed by atoms with Gasteiger partial charge < -0.3 is 10.5 Å². The Kier molecular flexibility index (Phi) is 4.16. The molecular formula is C14H18FN3O. The van der Waals surface area contributed by atoms with Crippen LogP contribution in [-0.4, -0.2) is 15.8 Å². The first-order valence-corrected chi connectivity index (χ1v) is 6.32. The summed E-state index contributed by atoms with van der Waals surface area (Å²) < 4.78 is 20.8. The smallest absolute Gasteiger partial charge is 0.165 e. The van der Waals surface area contributed by atoms with Crippen LogP contribution in [0.3, 0.4) is 0 Å². The first kappa shape index (κ1) is 13.5. The van der Waals surface area contributed by atoms with Crippen molar-refractivity contribution >= 4 is 0 Å². The molecule has 0 saturated heterocycles. The quantitative estimate of drug-likeness (QED) is 0.902. The van der Waals surface area contributed by atoms with Crippen molar-refractivity contribution in [2.75, 3.05) is 0 Å². The average Bonchev–Trinajstić information content (AvgIpc) is 2.80. The molecule has 1 aromatic carbocycles. The largest absolute Gasteiger partial charge is 0.454 e. The van der Waals surface area contributed by atoms with Crippen molar-refractivity contribution in [1.29, 1.82) is 0 Å². The highest BCUT2D eigenvalue weighted by Gasteiger charge is 2.10. The molecule has 0 saturated carbocycles. The highest BCUT2D eigenvalue weighted by Crippen LogP contribution is 2.26. The number of nitrogens with zero attached hydrogens (tertiary/aromatic N) is 2. The van der Waals surface area contributed by atoms with Gasteiger partial charge in [0.1, 0.15) is 11.6 Å². The maximum Gasteiger partial charge on any atom is 0.165 e. The Balaban J connectivity index is 2.23. The van der Waals surface area contributed by atoms with Crippen LogP contribution in [0.5, 0.6) is 11.5 Å². The third kappa shape index (κ3) is 3.54. The Bertz CT molecular complexity index is 551. The molecule has 0 spiro atoms. The van der Waals surface area contributed by atoms with Crippen molar-refractivity contribution in [3.8, 4) is 11.5 Å². The van der Waals surface area contributed by atoms with Crippen LogP contribution in [0.25, 0.3) is 0 Å². The molecule has 1 heterocycles. The molecule has 2 aromatic rings. The Morgan fingerprint density at radius 1 is 1.47 bits per heavy atom. The SMILES string of the molecule is CCn1cc(Oc2ccc(F)cc2CC(C)N)cn1. The zero-order valence-electron chi connectivity index (χ0n) is 11.1. The van der Waals surface area contributed by atoms with Crippen LogP contribution in [0.2, 0.25) is 0 Å². The van der Waals surface area contributed by atoms with Gasteiger partial charge in [0.05, 0.1) is 12.4 Å². The standard InChI is InChI=1S/C14H18FN3O/c1-3-18-9-13(8-17-18)19-14-5-4-12(15)7-11(14)6-10(2)16/h4-5,7-10H,3,6,16H2,1-2H3. The molecular weight excluding hydrogens is 245 g/mol. The van der Waals surface area contributed by atoms with Crippen LogP contribution >= 0.6 is 0 Å². The molecule has 19 heavy (non-hydrogen) atoms. The van der Waals surface area contributed by atoms with Crippen molar-refractivity contribution in [3.05, 3.63) is 42.0 Å². The Hall–Kier alpha value is -1.88. The van der Waals surface area contributed by atoms with Crippen LogP contribution in [-0.2, 0) is 13.0 Å². The van der Waals surface area contributed by atoms with E-state index in [0.717, 1.165) is 12.1 Å².